The van der Waals surface area contributed by atoms with E-state index in [1.54, 1.807) is 0 Å². The van der Waals surface area contributed by atoms with Gasteiger partial charge in [-0.05, 0) is 59.6 Å². The van der Waals surface area contributed by atoms with Gasteiger partial charge in [-0.3, -0.25) is 0 Å². The summed E-state index contributed by atoms with van der Waals surface area (Å²) in [6.07, 6.45) is 3.38. The summed E-state index contributed by atoms with van der Waals surface area (Å²) >= 11 is 0. The molecule has 0 saturated carbocycles. The minimum atomic E-state index is 0. The van der Waals surface area contributed by atoms with Crippen LogP contribution in [0.1, 0.15) is 50.8 Å². The molecule has 32 heavy (non-hydrogen) atoms. The van der Waals surface area contributed by atoms with Gasteiger partial charge in [0.1, 0.15) is 16.9 Å². The molecule has 4 heteroatoms. The molecule has 0 unspecified atom stereocenters. The average molecular weight is 537 g/mol. The molecule has 0 radical (unpaired) electrons. The van der Waals surface area contributed by atoms with E-state index in [0.29, 0.717) is 0 Å². The van der Waals surface area contributed by atoms with Crippen LogP contribution in [0.2, 0.25) is 0 Å². The molecule has 0 bridgehead atoms. The highest BCUT2D eigenvalue weighted by molar-refractivity contribution is 14.0. The fourth-order valence-corrected chi connectivity index (χ4v) is 6.48. The summed E-state index contributed by atoms with van der Waals surface area (Å²) in [6.45, 7) is 11.9. The molecule has 3 nitrogen and oxygen atoms in total. The molecule has 0 amide bonds. The van der Waals surface area contributed by atoms with Crippen molar-refractivity contribution in [1.82, 2.24) is 4.57 Å². The normalized spacial score (nSPS) is 16.6. The Balaban J connectivity index is 0.00000216. The zero-order valence-corrected chi connectivity index (χ0v) is 21.9. The molecule has 1 aliphatic rings. The molecule has 0 N–H and O–H groups in total. The van der Waals surface area contributed by atoms with Crippen LogP contribution < -0.4 is 4.57 Å². The van der Waals surface area contributed by atoms with Crippen molar-refractivity contribution < 1.29 is 8.98 Å². The lowest BCUT2D eigenvalue weighted by atomic mass is 9.81. The Kier molecular flexibility index (Phi) is 4.59. The molecule has 5 aromatic rings. The Bertz CT molecular complexity index is 1530. The van der Waals surface area contributed by atoms with Gasteiger partial charge in [-0.15, -0.1) is 24.0 Å². The standard InChI is InChI=1S/C28H29N2O.HI/c1-17-25-21(27(2,3)15-28(25,4)5)14-22-26(17)29(6)16-30(22)18-11-12-20-19-9-7-8-10-23(19)31-24(20)13-18;/h7-14,16H,15H2,1-6H3;1H/q+1;. The molecule has 6 rings (SSSR count). The van der Waals surface area contributed by atoms with Crippen LogP contribution in [-0.2, 0) is 17.9 Å². The van der Waals surface area contributed by atoms with E-state index in [1.165, 1.54) is 44.9 Å². The number of hydrogen-bond acceptors (Lipinski definition) is 1. The number of nitrogens with zero attached hydrogens (tertiary/aromatic N) is 2. The lowest BCUT2D eigenvalue weighted by molar-refractivity contribution is -0.645. The van der Waals surface area contributed by atoms with E-state index in [4.69, 9.17) is 4.42 Å². The number of aromatic nitrogens is 2. The van der Waals surface area contributed by atoms with Crippen LogP contribution in [0.5, 0.6) is 0 Å². The summed E-state index contributed by atoms with van der Waals surface area (Å²) in [5.41, 5.74) is 10.4. The molecular formula is C28H30IN2O+. The summed E-state index contributed by atoms with van der Waals surface area (Å²) in [4.78, 5) is 0. The summed E-state index contributed by atoms with van der Waals surface area (Å²) < 4.78 is 10.8. The number of furan rings is 1. The molecule has 0 spiro atoms. The molecule has 164 valence electrons. The third kappa shape index (κ3) is 2.81. The van der Waals surface area contributed by atoms with Gasteiger partial charge in [0, 0.05) is 22.4 Å². The number of imidazole rings is 1. The van der Waals surface area contributed by atoms with Gasteiger partial charge in [0.15, 0.2) is 11.0 Å². The molecular weight excluding hydrogens is 507 g/mol. The number of halogens is 1. The Labute approximate surface area is 206 Å². The van der Waals surface area contributed by atoms with Gasteiger partial charge in [0.25, 0.3) is 0 Å². The first-order chi connectivity index (χ1) is 14.7. The fourth-order valence-electron chi connectivity index (χ4n) is 6.48. The molecule has 0 saturated heterocycles. The lowest BCUT2D eigenvalue weighted by Gasteiger charge is -2.23. The number of hydrogen-bond donors (Lipinski definition) is 0. The molecule has 0 aliphatic heterocycles. The second kappa shape index (κ2) is 6.83. The molecule has 3 aromatic carbocycles. The monoisotopic (exact) mass is 537 g/mol. The largest absolute Gasteiger partial charge is 0.456 e. The highest BCUT2D eigenvalue weighted by Gasteiger charge is 2.44. The van der Waals surface area contributed by atoms with Crippen LogP contribution in [0.4, 0.5) is 0 Å². The van der Waals surface area contributed by atoms with E-state index in [2.05, 4.69) is 93.5 Å². The van der Waals surface area contributed by atoms with E-state index in [9.17, 15) is 0 Å². The molecule has 0 atom stereocenters. The van der Waals surface area contributed by atoms with Crippen LogP contribution in [0.3, 0.4) is 0 Å². The van der Waals surface area contributed by atoms with Gasteiger partial charge < -0.3 is 4.42 Å². The zero-order valence-electron chi connectivity index (χ0n) is 19.6. The first-order valence-corrected chi connectivity index (χ1v) is 11.1. The quantitative estimate of drug-likeness (QED) is 0.163. The topological polar surface area (TPSA) is 21.9 Å². The molecule has 1 aliphatic carbocycles. The summed E-state index contributed by atoms with van der Waals surface area (Å²) in [7, 11) is 2.16. The summed E-state index contributed by atoms with van der Waals surface area (Å²) in [5.74, 6) is 0. The van der Waals surface area contributed by atoms with Crippen LogP contribution in [0, 0.1) is 6.92 Å². The number of rotatable bonds is 1. The number of benzene rings is 3. The van der Waals surface area contributed by atoms with E-state index < -0.39 is 0 Å². The molecule has 2 heterocycles. The van der Waals surface area contributed by atoms with Crippen LogP contribution in [0.25, 0.3) is 38.7 Å². The second-order valence-electron chi connectivity index (χ2n) is 10.6. The molecule has 2 aromatic heterocycles. The number of para-hydroxylation sites is 1. The average Bonchev–Trinajstić information content (AvgIpc) is 3.29. The van der Waals surface area contributed by atoms with E-state index in [1.807, 2.05) is 12.1 Å². The zero-order chi connectivity index (χ0) is 21.7. The van der Waals surface area contributed by atoms with Gasteiger partial charge in [-0.2, -0.15) is 4.57 Å². The maximum Gasteiger partial charge on any atom is 0.249 e. The predicted octanol–water partition coefficient (Wildman–Crippen LogP) is 7.24. The van der Waals surface area contributed by atoms with Crippen molar-refractivity contribution in [1.29, 1.82) is 0 Å². The third-order valence-corrected chi connectivity index (χ3v) is 7.35. The maximum atomic E-state index is 6.17. The van der Waals surface area contributed by atoms with Gasteiger partial charge in [0.2, 0.25) is 6.33 Å². The highest BCUT2D eigenvalue weighted by Crippen LogP contribution is 2.51. The summed E-state index contributed by atoms with van der Waals surface area (Å²) in [6, 6.07) is 17.3. The van der Waals surface area contributed by atoms with Crippen molar-refractivity contribution in [3.63, 3.8) is 0 Å². The maximum absolute atomic E-state index is 6.17. The van der Waals surface area contributed by atoms with Crippen molar-refractivity contribution in [3.05, 3.63) is 71.5 Å². The highest BCUT2D eigenvalue weighted by atomic mass is 127. The number of fused-ring (bicyclic) bond motifs is 5. The third-order valence-electron chi connectivity index (χ3n) is 7.35. The first-order valence-electron chi connectivity index (χ1n) is 11.1. The minimum Gasteiger partial charge on any atom is -0.456 e. The van der Waals surface area contributed by atoms with Crippen molar-refractivity contribution >= 4 is 56.9 Å². The lowest BCUT2D eigenvalue weighted by Crippen LogP contribution is -2.27. The van der Waals surface area contributed by atoms with E-state index in [0.717, 1.165) is 16.9 Å². The number of aryl methyl sites for hydroxylation is 2. The van der Waals surface area contributed by atoms with Crippen molar-refractivity contribution in [2.45, 2.75) is 51.9 Å². The minimum absolute atomic E-state index is 0. The summed E-state index contributed by atoms with van der Waals surface area (Å²) in [5, 5.41) is 2.34. The molecule has 0 fully saturated rings. The fraction of sp³-hybridized carbons (Fsp3) is 0.321. The second-order valence-corrected chi connectivity index (χ2v) is 10.6. The smallest absolute Gasteiger partial charge is 0.249 e. The SMILES string of the molecule is Cc1c2c(cc3c1[n+](C)cn3-c1ccc3c(c1)oc1ccccc13)C(C)(C)CC2(C)C.I. The van der Waals surface area contributed by atoms with Crippen LogP contribution in [0.15, 0.2) is 59.3 Å². The van der Waals surface area contributed by atoms with Crippen LogP contribution >= 0.6 is 24.0 Å². The predicted molar refractivity (Wildman–Crippen MR) is 143 cm³/mol. The van der Waals surface area contributed by atoms with Crippen LogP contribution in [-0.4, -0.2) is 4.57 Å². The van der Waals surface area contributed by atoms with Gasteiger partial charge in [0.05, 0.1) is 7.05 Å². The Morgan fingerprint density at radius 1 is 0.906 bits per heavy atom. The van der Waals surface area contributed by atoms with Crippen molar-refractivity contribution in [3.8, 4) is 5.69 Å². The van der Waals surface area contributed by atoms with Crippen molar-refractivity contribution in [2.24, 2.45) is 7.05 Å². The Morgan fingerprint density at radius 2 is 1.62 bits per heavy atom. The Morgan fingerprint density at radius 3 is 2.41 bits per heavy atom. The van der Waals surface area contributed by atoms with Crippen molar-refractivity contribution in [2.75, 3.05) is 0 Å². The van der Waals surface area contributed by atoms with Gasteiger partial charge in [-0.1, -0.05) is 45.9 Å². The Hall–Kier alpha value is -2.34. The van der Waals surface area contributed by atoms with Gasteiger partial charge >= 0.3 is 0 Å². The first kappa shape index (κ1) is 21.5. The van der Waals surface area contributed by atoms with Gasteiger partial charge in [-0.25, -0.2) is 4.57 Å². The van der Waals surface area contributed by atoms with E-state index >= 15 is 0 Å². The van der Waals surface area contributed by atoms with E-state index in [-0.39, 0.29) is 34.8 Å².